The first-order valence-electron chi connectivity index (χ1n) is 8.48. The molecule has 0 saturated carbocycles. The van der Waals surface area contributed by atoms with Gasteiger partial charge in [0.2, 0.25) is 0 Å². The Morgan fingerprint density at radius 1 is 1.32 bits per heavy atom. The van der Waals surface area contributed by atoms with Crippen molar-refractivity contribution < 1.29 is 14.6 Å². The topological polar surface area (TPSA) is 62.7 Å². The van der Waals surface area contributed by atoms with Crippen LogP contribution in [0, 0.1) is 0 Å². The van der Waals surface area contributed by atoms with Crippen LogP contribution in [0.15, 0.2) is 48.8 Å². The minimum absolute atomic E-state index is 0.233. The normalized spacial score (nSPS) is 14.8. The largest absolute Gasteiger partial charge is 0.493 e. The van der Waals surface area contributed by atoms with E-state index in [-0.39, 0.29) is 5.56 Å². The van der Waals surface area contributed by atoms with E-state index in [1.54, 1.807) is 12.3 Å². The molecule has 1 aliphatic heterocycles. The highest BCUT2D eigenvalue weighted by atomic mass is 16.5. The molecule has 0 amide bonds. The molecule has 5 nitrogen and oxygen atoms in total. The number of hydrogen-bond acceptors (Lipinski definition) is 4. The molecule has 0 radical (unpaired) electrons. The summed E-state index contributed by atoms with van der Waals surface area (Å²) in [6.45, 7) is 5.10. The molecule has 130 valence electrons. The van der Waals surface area contributed by atoms with Crippen molar-refractivity contribution in [3.63, 3.8) is 0 Å². The zero-order valence-electron chi connectivity index (χ0n) is 14.3. The highest BCUT2D eigenvalue weighted by molar-refractivity contribution is 5.87. The zero-order valence-corrected chi connectivity index (χ0v) is 14.3. The molecule has 0 bridgehead atoms. The van der Waals surface area contributed by atoms with Crippen molar-refractivity contribution in [1.29, 1.82) is 0 Å². The standard InChI is InChI=1S/C20H22N2O3/c1-2-25-19-6-4-3-5-18(19)16-7-9-22(10-8-16)14-15-11-17(20(23)24)13-21-12-15/h3-7,11-13H,2,8-10,14H2,1H3,(H,23,24). The molecule has 3 rings (SSSR count). The number of aromatic nitrogens is 1. The summed E-state index contributed by atoms with van der Waals surface area (Å²) < 4.78 is 5.73. The van der Waals surface area contributed by atoms with Crippen LogP contribution in [0.1, 0.15) is 34.8 Å². The summed E-state index contributed by atoms with van der Waals surface area (Å²) in [5, 5.41) is 9.07. The minimum Gasteiger partial charge on any atom is -0.493 e. The van der Waals surface area contributed by atoms with Gasteiger partial charge in [-0.3, -0.25) is 9.88 Å². The fraction of sp³-hybridized carbons (Fsp3) is 0.300. The Morgan fingerprint density at radius 3 is 2.88 bits per heavy atom. The van der Waals surface area contributed by atoms with Crippen LogP contribution in [0.3, 0.4) is 0 Å². The molecule has 0 fully saturated rings. The van der Waals surface area contributed by atoms with Gasteiger partial charge in [0.1, 0.15) is 5.75 Å². The van der Waals surface area contributed by atoms with Gasteiger partial charge in [0.05, 0.1) is 12.2 Å². The van der Waals surface area contributed by atoms with Crippen LogP contribution in [-0.4, -0.2) is 40.7 Å². The lowest BCUT2D eigenvalue weighted by Crippen LogP contribution is -2.28. The predicted molar refractivity (Wildman–Crippen MR) is 96.7 cm³/mol. The Balaban J connectivity index is 1.69. The number of carboxylic acids is 1. The summed E-state index contributed by atoms with van der Waals surface area (Å²) in [4.78, 5) is 17.4. The van der Waals surface area contributed by atoms with E-state index < -0.39 is 5.97 Å². The van der Waals surface area contributed by atoms with Crippen LogP contribution in [-0.2, 0) is 6.54 Å². The lowest BCUT2D eigenvalue weighted by molar-refractivity contribution is 0.0696. The first kappa shape index (κ1) is 17.2. The molecule has 0 spiro atoms. The number of pyridine rings is 1. The SMILES string of the molecule is CCOc1ccccc1C1=CCN(Cc2cncc(C(=O)O)c2)CC1. The van der Waals surface area contributed by atoms with Crippen molar-refractivity contribution in [2.45, 2.75) is 19.9 Å². The summed E-state index contributed by atoms with van der Waals surface area (Å²) >= 11 is 0. The van der Waals surface area contributed by atoms with Gasteiger partial charge in [0.15, 0.2) is 0 Å². The Bertz CT molecular complexity index is 786. The molecular weight excluding hydrogens is 316 g/mol. The Kier molecular flexibility index (Phi) is 5.46. The number of benzene rings is 1. The molecule has 1 N–H and O–H groups in total. The van der Waals surface area contributed by atoms with Crippen molar-refractivity contribution in [1.82, 2.24) is 9.88 Å². The van der Waals surface area contributed by atoms with E-state index in [9.17, 15) is 4.79 Å². The molecule has 0 saturated heterocycles. The number of para-hydroxylation sites is 1. The first-order chi connectivity index (χ1) is 12.2. The van der Waals surface area contributed by atoms with Crippen LogP contribution in [0.2, 0.25) is 0 Å². The smallest absolute Gasteiger partial charge is 0.337 e. The van der Waals surface area contributed by atoms with Gasteiger partial charge in [-0.2, -0.15) is 0 Å². The molecule has 5 heteroatoms. The third-order valence-corrected chi connectivity index (χ3v) is 4.27. The maximum Gasteiger partial charge on any atom is 0.337 e. The van der Waals surface area contributed by atoms with Crippen molar-refractivity contribution in [3.05, 3.63) is 65.5 Å². The summed E-state index contributed by atoms with van der Waals surface area (Å²) in [5.41, 5.74) is 3.62. The molecule has 25 heavy (non-hydrogen) atoms. The Hall–Kier alpha value is -2.66. The number of nitrogens with zero attached hydrogens (tertiary/aromatic N) is 2. The van der Waals surface area contributed by atoms with Gasteiger partial charge in [-0.15, -0.1) is 0 Å². The number of rotatable bonds is 6. The van der Waals surface area contributed by atoms with Crippen LogP contribution in [0.25, 0.3) is 5.57 Å². The van der Waals surface area contributed by atoms with Crippen LogP contribution < -0.4 is 4.74 Å². The lowest BCUT2D eigenvalue weighted by Gasteiger charge is -2.27. The van der Waals surface area contributed by atoms with Gasteiger partial charge in [-0.05, 0) is 36.6 Å². The third kappa shape index (κ3) is 4.25. The number of carbonyl (C=O) groups is 1. The summed E-state index contributed by atoms with van der Waals surface area (Å²) in [5.74, 6) is -0.00855. The second kappa shape index (κ2) is 7.94. The summed E-state index contributed by atoms with van der Waals surface area (Å²) in [7, 11) is 0. The molecular formula is C20H22N2O3. The van der Waals surface area contributed by atoms with Crippen molar-refractivity contribution in [2.75, 3.05) is 19.7 Å². The van der Waals surface area contributed by atoms with E-state index in [1.165, 1.54) is 17.3 Å². The Morgan fingerprint density at radius 2 is 2.16 bits per heavy atom. The molecule has 1 aromatic heterocycles. The minimum atomic E-state index is -0.942. The van der Waals surface area contributed by atoms with Gasteiger partial charge in [-0.25, -0.2) is 4.79 Å². The van der Waals surface area contributed by atoms with Gasteiger partial charge in [0, 0.05) is 37.6 Å². The molecule has 1 aromatic carbocycles. The first-order valence-corrected chi connectivity index (χ1v) is 8.48. The highest BCUT2D eigenvalue weighted by Crippen LogP contribution is 2.30. The van der Waals surface area contributed by atoms with E-state index in [2.05, 4.69) is 22.0 Å². The monoisotopic (exact) mass is 338 g/mol. The fourth-order valence-corrected chi connectivity index (χ4v) is 3.06. The van der Waals surface area contributed by atoms with Crippen LogP contribution in [0.4, 0.5) is 0 Å². The third-order valence-electron chi connectivity index (χ3n) is 4.27. The molecule has 0 aliphatic carbocycles. The average Bonchev–Trinajstić information content (AvgIpc) is 2.63. The number of ether oxygens (including phenoxy) is 1. The predicted octanol–water partition coefficient (Wildman–Crippen LogP) is 3.47. The van der Waals surface area contributed by atoms with Crippen LogP contribution >= 0.6 is 0 Å². The van der Waals surface area contributed by atoms with Gasteiger partial charge in [0.25, 0.3) is 0 Å². The van der Waals surface area contributed by atoms with E-state index in [0.29, 0.717) is 13.2 Å². The lowest BCUT2D eigenvalue weighted by atomic mass is 9.98. The zero-order chi connectivity index (χ0) is 17.6. The van der Waals surface area contributed by atoms with Crippen molar-refractivity contribution >= 4 is 11.5 Å². The van der Waals surface area contributed by atoms with Gasteiger partial charge < -0.3 is 9.84 Å². The molecule has 1 aliphatic rings. The number of hydrogen-bond donors (Lipinski definition) is 1. The Labute approximate surface area is 147 Å². The molecule has 2 heterocycles. The molecule has 0 atom stereocenters. The van der Waals surface area contributed by atoms with Crippen LogP contribution in [0.5, 0.6) is 5.75 Å². The quantitative estimate of drug-likeness (QED) is 0.874. The summed E-state index contributed by atoms with van der Waals surface area (Å²) in [6.07, 6.45) is 6.28. The van der Waals surface area contributed by atoms with Crippen molar-refractivity contribution in [3.8, 4) is 5.75 Å². The fourth-order valence-electron chi connectivity index (χ4n) is 3.06. The van der Waals surface area contributed by atoms with E-state index in [1.807, 2.05) is 25.1 Å². The maximum atomic E-state index is 11.1. The van der Waals surface area contributed by atoms with Gasteiger partial charge >= 0.3 is 5.97 Å². The number of aromatic carboxylic acids is 1. The summed E-state index contributed by atoms with van der Waals surface area (Å²) in [6, 6.07) is 9.83. The highest BCUT2D eigenvalue weighted by Gasteiger charge is 2.16. The maximum absolute atomic E-state index is 11.1. The van der Waals surface area contributed by atoms with E-state index in [4.69, 9.17) is 9.84 Å². The average molecular weight is 338 g/mol. The van der Waals surface area contributed by atoms with Gasteiger partial charge in [-0.1, -0.05) is 24.3 Å². The molecule has 2 aromatic rings. The van der Waals surface area contributed by atoms with E-state index >= 15 is 0 Å². The van der Waals surface area contributed by atoms with E-state index in [0.717, 1.165) is 30.8 Å². The number of carboxylic acid groups (broad SMARTS) is 1. The second-order valence-electron chi connectivity index (χ2n) is 6.03. The van der Waals surface area contributed by atoms with Crippen molar-refractivity contribution in [2.24, 2.45) is 0 Å². The second-order valence-corrected chi connectivity index (χ2v) is 6.03. The molecule has 0 unspecified atom stereocenters.